The highest BCUT2D eigenvalue weighted by Crippen LogP contribution is 2.25. The molecule has 8 heteroatoms. The minimum atomic E-state index is -4.63. The molecule has 1 aromatic rings. The zero-order chi connectivity index (χ0) is 19.2. The van der Waals surface area contributed by atoms with Crippen LogP contribution in [0.3, 0.4) is 0 Å². The van der Waals surface area contributed by atoms with Gasteiger partial charge in [0, 0.05) is 5.69 Å². The predicted molar refractivity (Wildman–Crippen MR) is 86.1 cm³/mol. The van der Waals surface area contributed by atoms with Crippen molar-refractivity contribution in [1.82, 2.24) is 0 Å². The summed E-state index contributed by atoms with van der Waals surface area (Å²) in [5.74, 6) is -2.18. The number of rotatable bonds is 7. The molecule has 0 fully saturated rings. The molecule has 0 unspecified atom stereocenters. The summed E-state index contributed by atoms with van der Waals surface area (Å²) in [6.45, 7) is 4.67. The van der Waals surface area contributed by atoms with Gasteiger partial charge in [-0.25, -0.2) is 9.59 Å². The molecule has 0 radical (unpaired) electrons. The van der Waals surface area contributed by atoms with E-state index in [1.54, 1.807) is 33.8 Å². The Hall–Kier alpha value is -2.25. The Bertz CT molecular complexity index is 551. The van der Waals surface area contributed by atoms with Gasteiger partial charge in [-0.2, -0.15) is 13.2 Å². The van der Waals surface area contributed by atoms with Crippen molar-refractivity contribution in [2.24, 2.45) is 0 Å². The number of hydrogen-bond acceptors (Lipinski definition) is 5. The van der Waals surface area contributed by atoms with Crippen molar-refractivity contribution in [3.05, 3.63) is 30.3 Å². The molecule has 0 aromatic heterocycles. The third-order valence-electron chi connectivity index (χ3n) is 2.90. The van der Waals surface area contributed by atoms with Gasteiger partial charge in [0.05, 0.1) is 12.2 Å². The smallest absolute Gasteiger partial charge is 0.405 e. The van der Waals surface area contributed by atoms with E-state index in [0.29, 0.717) is 4.90 Å². The van der Waals surface area contributed by atoms with Crippen molar-refractivity contribution in [3.63, 3.8) is 0 Å². The molecule has 0 saturated carbocycles. The lowest BCUT2D eigenvalue weighted by atomic mass is 10.2. The van der Waals surface area contributed by atoms with Crippen molar-refractivity contribution in [2.75, 3.05) is 11.4 Å². The minimum Gasteiger partial charge on any atom is -0.461 e. The fourth-order valence-corrected chi connectivity index (χ4v) is 2.09. The summed E-state index contributed by atoms with van der Waals surface area (Å²) in [4.78, 5) is 25.3. The Morgan fingerprint density at radius 1 is 0.960 bits per heavy atom. The van der Waals surface area contributed by atoms with Crippen molar-refractivity contribution in [3.8, 4) is 0 Å². The second-order valence-electron chi connectivity index (χ2n) is 5.95. The van der Waals surface area contributed by atoms with E-state index in [1.165, 1.54) is 24.3 Å². The molecule has 25 heavy (non-hydrogen) atoms. The van der Waals surface area contributed by atoms with E-state index in [4.69, 9.17) is 9.47 Å². The van der Waals surface area contributed by atoms with Crippen LogP contribution >= 0.6 is 0 Å². The van der Waals surface area contributed by atoms with E-state index in [-0.39, 0.29) is 5.69 Å². The maximum atomic E-state index is 13.1. The first-order valence-electron chi connectivity index (χ1n) is 7.80. The third kappa shape index (κ3) is 7.03. The molecule has 0 aliphatic carbocycles. The number of anilines is 1. The Labute approximate surface area is 144 Å². The Kier molecular flexibility index (Phi) is 7.26. The van der Waals surface area contributed by atoms with Crippen LogP contribution in [0.4, 0.5) is 18.9 Å². The van der Waals surface area contributed by atoms with Crippen LogP contribution in [-0.2, 0) is 19.1 Å². The zero-order valence-electron chi connectivity index (χ0n) is 14.5. The lowest BCUT2D eigenvalue weighted by molar-refractivity contribution is -0.162. The second kappa shape index (κ2) is 8.73. The van der Waals surface area contributed by atoms with E-state index in [1.807, 2.05) is 0 Å². The summed E-state index contributed by atoms with van der Waals surface area (Å²) >= 11 is 0. The molecule has 1 rings (SSSR count). The topological polar surface area (TPSA) is 55.8 Å². The Morgan fingerprint density at radius 3 is 1.76 bits per heavy atom. The molecule has 0 saturated heterocycles. The molecular formula is C17H22F3NO4. The van der Waals surface area contributed by atoms with Crippen LogP contribution in [0.15, 0.2) is 30.3 Å². The van der Waals surface area contributed by atoms with Gasteiger partial charge in [0.15, 0.2) is 0 Å². The molecule has 0 N–H and O–H groups in total. The number of benzene rings is 1. The summed E-state index contributed by atoms with van der Waals surface area (Å²) in [5, 5.41) is 0. The summed E-state index contributed by atoms with van der Waals surface area (Å²) in [6.07, 6.45) is -5.82. The van der Waals surface area contributed by atoms with Gasteiger partial charge in [0.25, 0.3) is 0 Å². The average molecular weight is 361 g/mol. The fourth-order valence-electron chi connectivity index (χ4n) is 2.09. The van der Waals surface area contributed by atoms with Crippen LogP contribution in [-0.4, -0.2) is 42.9 Å². The minimum absolute atomic E-state index is 0.0613. The first-order valence-corrected chi connectivity index (χ1v) is 7.80. The molecule has 0 amide bonds. The van der Waals surface area contributed by atoms with Crippen LogP contribution in [0.1, 0.15) is 27.7 Å². The molecule has 140 valence electrons. The number of nitrogens with zero attached hydrogens (tertiary/aromatic N) is 1. The SMILES string of the molecule is CC(C)OC(=O)C(C(=O)OC(C)C)N(CC(F)(F)F)c1ccccc1. The summed E-state index contributed by atoms with van der Waals surface area (Å²) in [5.41, 5.74) is 0.0613. The predicted octanol–water partition coefficient (Wildman–Crippen LogP) is 3.33. The van der Waals surface area contributed by atoms with Crippen LogP contribution < -0.4 is 4.90 Å². The van der Waals surface area contributed by atoms with E-state index in [0.717, 1.165) is 0 Å². The maximum absolute atomic E-state index is 13.1. The molecule has 0 aliphatic heterocycles. The van der Waals surface area contributed by atoms with E-state index in [9.17, 15) is 22.8 Å². The van der Waals surface area contributed by atoms with E-state index < -0.39 is 42.9 Å². The number of carbonyl (C=O) groups is 2. The molecule has 0 aliphatic rings. The highest BCUT2D eigenvalue weighted by Gasteiger charge is 2.42. The lowest BCUT2D eigenvalue weighted by Crippen LogP contribution is -2.52. The highest BCUT2D eigenvalue weighted by atomic mass is 19.4. The maximum Gasteiger partial charge on any atom is 0.405 e. The molecule has 5 nitrogen and oxygen atoms in total. The lowest BCUT2D eigenvalue weighted by Gasteiger charge is -2.32. The quantitative estimate of drug-likeness (QED) is 0.551. The third-order valence-corrected chi connectivity index (χ3v) is 2.90. The van der Waals surface area contributed by atoms with Crippen molar-refractivity contribution in [2.45, 2.75) is 52.1 Å². The molecular weight excluding hydrogens is 339 g/mol. The van der Waals surface area contributed by atoms with Crippen molar-refractivity contribution in [1.29, 1.82) is 0 Å². The average Bonchev–Trinajstić information content (AvgIpc) is 2.44. The molecule has 1 aromatic carbocycles. The fraction of sp³-hybridized carbons (Fsp3) is 0.529. The molecule has 0 bridgehead atoms. The van der Waals surface area contributed by atoms with Gasteiger partial charge in [-0.15, -0.1) is 0 Å². The van der Waals surface area contributed by atoms with E-state index in [2.05, 4.69) is 0 Å². The van der Waals surface area contributed by atoms with Gasteiger partial charge >= 0.3 is 18.1 Å². The van der Waals surface area contributed by atoms with Gasteiger partial charge < -0.3 is 14.4 Å². The van der Waals surface area contributed by atoms with Crippen molar-refractivity contribution >= 4 is 17.6 Å². The van der Waals surface area contributed by atoms with Crippen LogP contribution in [0.2, 0.25) is 0 Å². The second-order valence-corrected chi connectivity index (χ2v) is 5.95. The van der Waals surface area contributed by atoms with Crippen LogP contribution in [0, 0.1) is 0 Å². The van der Waals surface area contributed by atoms with Gasteiger partial charge in [-0.05, 0) is 39.8 Å². The van der Waals surface area contributed by atoms with Gasteiger partial charge in [0.1, 0.15) is 6.54 Å². The number of esters is 2. The summed E-state index contributed by atoms with van der Waals surface area (Å²) < 4.78 is 49.1. The number of carbonyl (C=O) groups excluding carboxylic acids is 2. The monoisotopic (exact) mass is 361 g/mol. The normalized spacial score (nSPS) is 11.8. The van der Waals surface area contributed by atoms with Gasteiger partial charge in [0.2, 0.25) is 6.04 Å². The Morgan fingerprint density at radius 2 is 1.40 bits per heavy atom. The Balaban J connectivity index is 3.30. The molecule has 0 heterocycles. The van der Waals surface area contributed by atoms with Crippen molar-refractivity contribution < 1.29 is 32.2 Å². The van der Waals surface area contributed by atoms with E-state index >= 15 is 0 Å². The first kappa shape index (κ1) is 20.8. The number of alkyl halides is 3. The first-order chi connectivity index (χ1) is 11.5. The highest BCUT2D eigenvalue weighted by molar-refractivity contribution is 6.02. The van der Waals surface area contributed by atoms with Crippen LogP contribution in [0.25, 0.3) is 0 Å². The molecule has 0 atom stereocenters. The number of ether oxygens (including phenoxy) is 2. The molecule has 0 spiro atoms. The number of halogens is 3. The van der Waals surface area contributed by atoms with Gasteiger partial charge in [-0.1, -0.05) is 18.2 Å². The summed E-state index contributed by atoms with van der Waals surface area (Å²) in [6, 6.07) is 5.54. The standard InChI is InChI=1S/C17H22F3NO4/c1-11(2)24-15(22)14(16(23)25-12(3)4)21(10-17(18,19)20)13-8-6-5-7-9-13/h5-9,11-12,14H,10H2,1-4H3. The van der Waals surface area contributed by atoms with Crippen LogP contribution in [0.5, 0.6) is 0 Å². The largest absolute Gasteiger partial charge is 0.461 e. The number of hydrogen-bond donors (Lipinski definition) is 0. The summed E-state index contributed by atoms with van der Waals surface area (Å²) in [7, 11) is 0. The zero-order valence-corrected chi connectivity index (χ0v) is 14.5. The number of para-hydroxylation sites is 1. The van der Waals surface area contributed by atoms with Gasteiger partial charge in [-0.3, -0.25) is 0 Å².